The Balaban J connectivity index is 1.64. The lowest BCUT2D eigenvalue weighted by molar-refractivity contribution is 0.0731. The number of amides is 1. The zero-order chi connectivity index (χ0) is 18.1. The van der Waals surface area contributed by atoms with Crippen LogP contribution in [0.4, 0.5) is 0 Å². The summed E-state index contributed by atoms with van der Waals surface area (Å²) < 4.78 is 5.34. The van der Waals surface area contributed by atoms with Gasteiger partial charge in [0.2, 0.25) is 0 Å². The first-order valence-electron chi connectivity index (χ1n) is 8.41. The van der Waals surface area contributed by atoms with E-state index >= 15 is 0 Å². The molecule has 2 aromatic carbocycles. The van der Waals surface area contributed by atoms with Gasteiger partial charge in [0.05, 0.1) is 18.4 Å². The molecule has 1 amide bonds. The third-order valence-corrected chi connectivity index (χ3v) is 4.93. The Bertz CT molecular complexity index is 950. The van der Waals surface area contributed by atoms with Gasteiger partial charge in [-0.2, -0.15) is 5.10 Å². The number of ether oxygens (including phenoxy) is 1. The Kier molecular flexibility index (Phi) is 4.39. The van der Waals surface area contributed by atoms with Crippen molar-refractivity contribution in [3.63, 3.8) is 0 Å². The predicted molar refractivity (Wildman–Crippen MR) is 100 cm³/mol. The van der Waals surface area contributed by atoms with Gasteiger partial charge in [0, 0.05) is 41.4 Å². The number of halogens is 1. The van der Waals surface area contributed by atoms with Gasteiger partial charge in [-0.1, -0.05) is 35.9 Å². The van der Waals surface area contributed by atoms with Gasteiger partial charge in [0.1, 0.15) is 5.75 Å². The van der Waals surface area contributed by atoms with Gasteiger partial charge < -0.3 is 9.64 Å². The Morgan fingerprint density at radius 2 is 1.96 bits per heavy atom. The second kappa shape index (κ2) is 6.84. The van der Waals surface area contributed by atoms with Crippen molar-refractivity contribution in [2.75, 3.05) is 13.7 Å². The quantitative estimate of drug-likeness (QED) is 0.762. The molecule has 26 heavy (non-hydrogen) atoms. The molecule has 4 rings (SSSR count). The van der Waals surface area contributed by atoms with E-state index in [2.05, 4.69) is 10.2 Å². The van der Waals surface area contributed by atoms with Crippen molar-refractivity contribution >= 4 is 17.5 Å². The Morgan fingerprint density at radius 3 is 2.73 bits per heavy atom. The fraction of sp³-hybridized carbons (Fsp3) is 0.200. The number of carbonyl (C=O) groups excluding carboxylic acids is 1. The van der Waals surface area contributed by atoms with Crippen LogP contribution in [0.3, 0.4) is 0 Å². The fourth-order valence-corrected chi connectivity index (χ4v) is 3.43. The Labute approximate surface area is 156 Å². The van der Waals surface area contributed by atoms with E-state index in [-0.39, 0.29) is 5.91 Å². The van der Waals surface area contributed by atoms with Crippen LogP contribution < -0.4 is 4.74 Å². The summed E-state index contributed by atoms with van der Waals surface area (Å²) >= 11 is 5.98. The average Bonchev–Trinajstić information content (AvgIpc) is 3.11. The number of nitrogens with one attached hydrogen (secondary N) is 1. The minimum absolute atomic E-state index is 0.0312. The summed E-state index contributed by atoms with van der Waals surface area (Å²) in [6.07, 6.45) is 0.747. The van der Waals surface area contributed by atoms with Gasteiger partial charge in [0.25, 0.3) is 5.91 Å². The molecule has 0 atom stereocenters. The van der Waals surface area contributed by atoms with Crippen molar-refractivity contribution in [1.82, 2.24) is 15.1 Å². The summed E-state index contributed by atoms with van der Waals surface area (Å²) in [4.78, 5) is 14.8. The van der Waals surface area contributed by atoms with Gasteiger partial charge in [-0.15, -0.1) is 0 Å². The molecular formula is C20H18ClN3O2. The smallest absolute Gasteiger partial charge is 0.257 e. The molecule has 3 aromatic rings. The third kappa shape index (κ3) is 2.95. The second-order valence-corrected chi connectivity index (χ2v) is 6.65. The number of benzene rings is 2. The zero-order valence-electron chi connectivity index (χ0n) is 14.3. The molecule has 2 heterocycles. The molecular weight excluding hydrogens is 350 g/mol. The SMILES string of the molecule is COc1ccccc1C(=O)N1CCc2[nH]nc(-c3ccc(Cl)cc3)c2C1. The minimum atomic E-state index is -0.0312. The van der Waals surface area contributed by atoms with Gasteiger partial charge in [-0.3, -0.25) is 9.89 Å². The number of nitrogens with zero attached hydrogens (tertiary/aromatic N) is 2. The number of carbonyl (C=O) groups is 1. The molecule has 5 nitrogen and oxygen atoms in total. The molecule has 0 unspecified atom stereocenters. The lowest BCUT2D eigenvalue weighted by Crippen LogP contribution is -2.36. The Morgan fingerprint density at radius 1 is 1.19 bits per heavy atom. The van der Waals surface area contributed by atoms with Crippen LogP contribution in [-0.4, -0.2) is 34.7 Å². The Hall–Kier alpha value is -2.79. The predicted octanol–water partition coefficient (Wildman–Crippen LogP) is 3.94. The summed E-state index contributed by atoms with van der Waals surface area (Å²) in [6.45, 7) is 1.16. The topological polar surface area (TPSA) is 58.2 Å². The van der Waals surface area contributed by atoms with E-state index in [1.165, 1.54) is 0 Å². The van der Waals surface area contributed by atoms with Crippen LogP contribution in [0, 0.1) is 0 Å². The van der Waals surface area contributed by atoms with E-state index in [0.29, 0.717) is 29.4 Å². The highest BCUT2D eigenvalue weighted by Gasteiger charge is 2.27. The van der Waals surface area contributed by atoms with Gasteiger partial charge in [-0.05, 0) is 24.3 Å². The van der Waals surface area contributed by atoms with Gasteiger partial charge in [0.15, 0.2) is 0 Å². The summed E-state index contributed by atoms with van der Waals surface area (Å²) in [7, 11) is 1.58. The summed E-state index contributed by atoms with van der Waals surface area (Å²) in [5.41, 5.74) is 4.57. The molecule has 0 spiro atoms. The molecule has 132 valence electrons. The van der Waals surface area contributed by atoms with E-state index in [1.807, 2.05) is 41.3 Å². The van der Waals surface area contributed by atoms with Crippen molar-refractivity contribution in [3.8, 4) is 17.0 Å². The molecule has 0 fully saturated rings. The lowest BCUT2D eigenvalue weighted by Gasteiger charge is -2.27. The van der Waals surface area contributed by atoms with Crippen LogP contribution in [0.25, 0.3) is 11.3 Å². The number of methoxy groups -OCH3 is 1. The first kappa shape index (κ1) is 16.7. The van der Waals surface area contributed by atoms with E-state index in [0.717, 1.165) is 28.9 Å². The maximum Gasteiger partial charge on any atom is 0.257 e. The van der Waals surface area contributed by atoms with Crippen LogP contribution in [0.15, 0.2) is 48.5 Å². The van der Waals surface area contributed by atoms with Crippen molar-refractivity contribution in [1.29, 1.82) is 0 Å². The normalized spacial score (nSPS) is 13.4. The first-order valence-corrected chi connectivity index (χ1v) is 8.79. The van der Waals surface area contributed by atoms with E-state index in [9.17, 15) is 4.79 Å². The van der Waals surface area contributed by atoms with Crippen LogP contribution in [0.1, 0.15) is 21.6 Å². The summed E-state index contributed by atoms with van der Waals surface area (Å²) in [5.74, 6) is 0.560. The molecule has 1 aliphatic heterocycles. The highest BCUT2D eigenvalue weighted by atomic mass is 35.5. The molecule has 1 N–H and O–H groups in total. The molecule has 1 aromatic heterocycles. The molecule has 6 heteroatoms. The van der Waals surface area contributed by atoms with Crippen LogP contribution >= 0.6 is 11.6 Å². The number of fused-ring (bicyclic) bond motifs is 1. The number of rotatable bonds is 3. The maximum atomic E-state index is 13.0. The third-order valence-electron chi connectivity index (χ3n) is 4.68. The maximum absolute atomic E-state index is 13.0. The number of H-pyrrole nitrogens is 1. The first-order chi connectivity index (χ1) is 12.7. The largest absolute Gasteiger partial charge is 0.496 e. The minimum Gasteiger partial charge on any atom is -0.496 e. The van der Waals surface area contributed by atoms with E-state index in [4.69, 9.17) is 16.3 Å². The molecule has 0 saturated heterocycles. The van der Waals surface area contributed by atoms with Gasteiger partial charge in [-0.25, -0.2) is 0 Å². The molecule has 0 saturated carbocycles. The van der Waals surface area contributed by atoms with Crippen molar-refractivity contribution in [2.45, 2.75) is 13.0 Å². The molecule has 1 aliphatic rings. The summed E-state index contributed by atoms with van der Waals surface area (Å²) in [6, 6.07) is 14.9. The van der Waals surface area contributed by atoms with Crippen LogP contribution in [-0.2, 0) is 13.0 Å². The average molecular weight is 368 g/mol. The molecule has 0 aliphatic carbocycles. The molecule has 0 radical (unpaired) electrons. The molecule has 0 bridgehead atoms. The van der Waals surface area contributed by atoms with Crippen molar-refractivity contribution < 1.29 is 9.53 Å². The number of para-hydroxylation sites is 1. The van der Waals surface area contributed by atoms with E-state index < -0.39 is 0 Å². The van der Waals surface area contributed by atoms with Crippen LogP contribution in [0.5, 0.6) is 5.75 Å². The lowest BCUT2D eigenvalue weighted by atomic mass is 10.0. The number of hydrogen-bond donors (Lipinski definition) is 1. The van der Waals surface area contributed by atoms with E-state index in [1.54, 1.807) is 19.2 Å². The second-order valence-electron chi connectivity index (χ2n) is 6.21. The number of aromatic amines is 1. The summed E-state index contributed by atoms with van der Waals surface area (Å²) in [5, 5.41) is 8.27. The highest BCUT2D eigenvalue weighted by Crippen LogP contribution is 2.30. The number of hydrogen-bond acceptors (Lipinski definition) is 3. The van der Waals surface area contributed by atoms with Crippen molar-refractivity contribution in [3.05, 3.63) is 70.4 Å². The highest BCUT2D eigenvalue weighted by molar-refractivity contribution is 6.30. The monoisotopic (exact) mass is 367 g/mol. The number of aromatic nitrogens is 2. The van der Waals surface area contributed by atoms with Gasteiger partial charge >= 0.3 is 0 Å². The standard InChI is InChI=1S/C20H18ClN3O2/c1-26-18-5-3-2-4-15(18)20(25)24-11-10-17-16(12-24)19(23-22-17)13-6-8-14(21)9-7-13/h2-9H,10-12H2,1H3,(H,22,23). The van der Waals surface area contributed by atoms with Crippen LogP contribution in [0.2, 0.25) is 5.02 Å². The fourth-order valence-electron chi connectivity index (χ4n) is 3.31. The zero-order valence-corrected chi connectivity index (χ0v) is 15.1. The van der Waals surface area contributed by atoms with Crippen molar-refractivity contribution in [2.24, 2.45) is 0 Å².